The van der Waals surface area contributed by atoms with Crippen LogP contribution < -0.4 is 51.3 Å². The number of carboxylic acids is 1. The van der Waals surface area contributed by atoms with Crippen LogP contribution in [0.2, 0.25) is 0 Å². The first-order valence-corrected chi connectivity index (χ1v) is 44.4. The van der Waals surface area contributed by atoms with Crippen LogP contribution in [0.25, 0.3) is 44.6 Å². The Balaban J connectivity index is 0.000000206. The maximum absolute atomic E-state index is 14.7. The topological polar surface area (TPSA) is 431 Å². The van der Waals surface area contributed by atoms with Gasteiger partial charge in [-0.25, -0.2) is 39.1 Å². The van der Waals surface area contributed by atoms with Crippen LogP contribution >= 0.6 is 22.7 Å². The molecular weight excluding hydrogens is 1680 g/mol. The fraction of sp³-hybridized carbons (Fsp3) is 0.582. The quantitative estimate of drug-likeness (QED) is 0.00678. The fourth-order valence-corrected chi connectivity index (χ4v) is 18.6. The number of hydroxylamine groups is 2. The van der Waals surface area contributed by atoms with Gasteiger partial charge in [0.15, 0.2) is 10.3 Å². The van der Waals surface area contributed by atoms with Crippen molar-refractivity contribution >= 4 is 114 Å². The molecule has 4 aromatic heterocycles. The first-order valence-electron chi connectivity index (χ1n) is 42.6. The number of pyridine rings is 2. The number of carboxylic acid groups (broad SMARTS) is 1. The van der Waals surface area contributed by atoms with Gasteiger partial charge in [-0.1, -0.05) is 73.6 Å². The monoisotopic (exact) mass is 1800 g/mol. The van der Waals surface area contributed by atoms with E-state index in [0.717, 1.165) is 41.3 Å². The standard InChI is InChI=1S/C42H54N6O9S.C36H48N6O7S.C11H13NO5.2CH4/c1-8-25-19-42(25,38(51)52)47-36(49)33-17-28(20-48(33)37(50)35(41(4,5)6)46-40(53)57-27-14-23-13-24(23)15-27)56-34-18-31(32-21-58-39(45-32)43-22(2)3)44-30-16-26(9-10-29(30)34)55-12-11-54-7;1-9-21-17-36(21,33(45)47-8)41-31(43)28-15-23(18-42(28)32(44)30(37)35(4,5)6)49-29-16-26(27-19-50-34(40-27)38-20(2)3)39-25-14-22(10-11-24(25)29)48-13-12-46-7;13-9-1-2-10(14)12(9)17-11(15)16-8-4-6-3-7(6)5-8;;/h8-10,16,18,21-25,27-28,33,35H,1,11-15,17,19-20H2,2-7H3,(H,43,45)(H,46,53)(H,47,49)(H,51,52);9-11,14,16,19-21,23,28,30H,1,12-13,15,17-18,37H2,2-8H3,(H,38,40)(H,41,43);6-8H,1-5H2;2*1H4/t23-,24+,25-,27?,28-,33+,35-,42-;21-,23-,28+,30-,36-;6-,7+,8?;;/m11.../s1. The summed E-state index contributed by atoms with van der Waals surface area (Å²) in [4.78, 5) is 156. The van der Waals surface area contributed by atoms with E-state index in [9.17, 15) is 53.1 Å². The number of esters is 1. The highest BCUT2D eigenvalue weighted by molar-refractivity contribution is 7.14. The summed E-state index contributed by atoms with van der Waals surface area (Å²) in [6.45, 7) is 28.4. The number of alkyl carbamates (subject to hydrolysis) is 1. The average molecular weight is 1800 g/mol. The van der Waals surface area contributed by atoms with Crippen LogP contribution in [0.5, 0.6) is 23.0 Å². The zero-order valence-electron chi connectivity index (χ0n) is 72.9. The van der Waals surface area contributed by atoms with Gasteiger partial charge in [0.1, 0.15) is 101 Å². The van der Waals surface area contributed by atoms with Crippen LogP contribution in [0.1, 0.15) is 161 Å². The van der Waals surface area contributed by atoms with Crippen LogP contribution in [0.4, 0.5) is 19.9 Å². The second-order valence-electron chi connectivity index (χ2n) is 36.4. The highest BCUT2D eigenvalue weighted by atomic mass is 32.1. The van der Waals surface area contributed by atoms with Gasteiger partial charge in [-0.2, -0.15) is 0 Å². The molecule has 6 aliphatic carbocycles. The van der Waals surface area contributed by atoms with E-state index in [-0.39, 0.29) is 96.2 Å². The van der Waals surface area contributed by atoms with Crippen LogP contribution in [-0.4, -0.2) is 232 Å². The molecule has 0 radical (unpaired) electrons. The summed E-state index contributed by atoms with van der Waals surface area (Å²) in [6.07, 6.45) is 6.68. The Hall–Kier alpha value is -10.8. The van der Waals surface area contributed by atoms with E-state index in [1.165, 1.54) is 58.5 Å². The maximum atomic E-state index is 14.7. The number of aliphatic carboxylic acids is 1. The van der Waals surface area contributed by atoms with Crippen molar-refractivity contribution in [2.24, 2.45) is 52.1 Å². The molecule has 34 nitrogen and oxygen atoms in total. The number of hydrogen-bond acceptors (Lipinski definition) is 29. The van der Waals surface area contributed by atoms with Gasteiger partial charge in [0, 0.05) is 110 Å². The Morgan fingerprint density at radius 1 is 0.575 bits per heavy atom. The number of thiazole rings is 2. The van der Waals surface area contributed by atoms with E-state index < -0.39 is 118 Å². The number of methoxy groups -OCH3 is 3. The summed E-state index contributed by atoms with van der Waals surface area (Å²) in [6, 6.07) is 11.0. The molecule has 2 unspecified atom stereocenters. The van der Waals surface area contributed by atoms with Gasteiger partial charge in [0.25, 0.3) is 11.8 Å². The van der Waals surface area contributed by atoms with Crippen LogP contribution in [0.15, 0.2) is 84.6 Å². The van der Waals surface area contributed by atoms with Crippen molar-refractivity contribution in [3.05, 3.63) is 84.6 Å². The summed E-state index contributed by atoms with van der Waals surface area (Å²) in [5.41, 5.74) is 6.01. The molecule has 127 heavy (non-hydrogen) atoms. The van der Waals surface area contributed by atoms with Gasteiger partial charge in [-0.3, -0.25) is 33.6 Å². The number of rotatable bonds is 32. The summed E-state index contributed by atoms with van der Waals surface area (Å²) < 4.78 is 51.3. The number of nitrogens with one attached hydrogen (secondary N) is 5. The molecule has 36 heteroatoms. The predicted molar refractivity (Wildman–Crippen MR) is 477 cm³/mol. The highest BCUT2D eigenvalue weighted by Crippen LogP contribution is 2.54. The molecule has 0 bridgehead atoms. The Morgan fingerprint density at radius 2 is 1.02 bits per heavy atom. The molecule has 6 saturated carbocycles. The lowest BCUT2D eigenvalue weighted by atomic mass is 9.85. The largest absolute Gasteiger partial charge is 0.534 e. The number of carbonyl (C=O) groups is 10. The number of hydrogen-bond donors (Lipinski definition) is 7. The molecule has 9 aliphatic rings. The Labute approximate surface area is 748 Å². The van der Waals surface area contributed by atoms with Crippen LogP contribution in [0, 0.1) is 46.3 Å². The molecule has 7 amide bonds. The van der Waals surface area contributed by atoms with E-state index in [2.05, 4.69) is 44.6 Å². The van der Waals surface area contributed by atoms with Gasteiger partial charge < -0.3 is 89.9 Å². The van der Waals surface area contributed by atoms with Gasteiger partial charge >= 0.3 is 24.2 Å². The number of ether oxygens (including phenoxy) is 9. The fourth-order valence-electron chi connectivity index (χ4n) is 16.9. The van der Waals surface area contributed by atoms with Gasteiger partial charge in [0.2, 0.25) is 23.6 Å². The predicted octanol–water partition coefficient (Wildman–Crippen LogP) is 12.1. The van der Waals surface area contributed by atoms with Gasteiger partial charge in [-0.05, 0) is 138 Å². The minimum atomic E-state index is -1.52. The van der Waals surface area contributed by atoms with Crippen molar-refractivity contribution in [2.45, 2.75) is 233 Å². The molecule has 16 atom stereocenters. The highest BCUT2D eigenvalue weighted by Gasteiger charge is 2.63. The summed E-state index contributed by atoms with van der Waals surface area (Å²) in [5.74, 6) is -0.656. The second kappa shape index (κ2) is 40.2. The van der Waals surface area contributed by atoms with Crippen molar-refractivity contribution < 1.29 is 101 Å². The number of benzene rings is 2. The SMILES string of the molecule is C.C.C=C[C@@H]1C[C@]1(NC(=O)[C@@H]1C[C@@H](Oc2cc(-c3csc(NC(C)C)n3)nc3cc(OCCOC)ccc23)CN1C(=O)[C@@H](N)C(C)(C)C)C(=O)OC.C=C[C@@H]1C[C@]1(NC(=O)[C@@H]1C[C@@H](Oc2cc(-c3csc(NC(C)C)n3)nc3cc(OCCOC)ccc23)CN1C(=O)[C@@H](NC(=O)OC1C[C@@H]2C[C@@H]2C1)C(C)(C)C)C(=O)O.O=C(OC1C[C@@H]2C[C@@H]2C1)ON1C(=O)CCC1=O. The number of imide groups is 1. The molecule has 2 aromatic carbocycles. The molecule has 9 fully saturated rings. The van der Waals surface area contributed by atoms with Crippen molar-refractivity contribution in [2.75, 3.05) is 71.5 Å². The lowest BCUT2D eigenvalue weighted by Crippen LogP contribution is -2.59. The van der Waals surface area contributed by atoms with Crippen molar-refractivity contribution in [3.63, 3.8) is 0 Å². The first kappa shape index (κ1) is 96.8. The number of nitrogens with two attached hydrogens (primary N) is 1. The number of carbonyl (C=O) groups excluding carboxylic acids is 9. The molecule has 0 spiro atoms. The minimum absolute atomic E-state index is 0. The molecule has 8 N–H and O–H groups in total. The third-order valence-electron chi connectivity index (χ3n) is 24.1. The molecule has 6 aromatic rings. The summed E-state index contributed by atoms with van der Waals surface area (Å²) >= 11 is 2.93. The van der Waals surface area contributed by atoms with Crippen LogP contribution in [-0.2, 0) is 66.9 Å². The molecule has 3 saturated heterocycles. The molecule has 15 rings (SSSR count). The zero-order chi connectivity index (χ0) is 89.9. The number of fused-ring (bicyclic) bond motifs is 4. The van der Waals surface area contributed by atoms with E-state index in [0.29, 0.717) is 124 Å². The minimum Gasteiger partial charge on any atom is -0.491 e. The third-order valence-corrected chi connectivity index (χ3v) is 25.7. The average Bonchev–Trinajstić information content (AvgIpc) is 1.59. The zero-order valence-corrected chi connectivity index (χ0v) is 74.6. The Kier molecular flexibility index (Phi) is 30.7. The molecule has 3 aliphatic heterocycles. The van der Waals surface area contributed by atoms with Gasteiger partial charge in [-0.15, -0.1) is 35.8 Å². The normalized spacial score (nSPS) is 25.5. The second-order valence-corrected chi connectivity index (χ2v) is 38.1. The third kappa shape index (κ3) is 22.8. The number of likely N-dealkylation sites (tertiary alicyclic amines) is 2. The smallest absolute Gasteiger partial charge is 0.491 e. The number of nitrogens with zero attached hydrogens (tertiary/aromatic N) is 7. The first-order chi connectivity index (χ1) is 59.4. The summed E-state index contributed by atoms with van der Waals surface area (Å²) in [7, 11) is 4.49. The van der Waals surface area contributed by atoms with Crippen molar-refractivity contribution in [1.29, 1.82) is 0 Å². The van der Waals surface area contributed by atoms with E-state index in [4.69, 9.17) is 68.3 Å². The number of aromatic nitrogens is 4. The molecular formula is C91H123N13O21S2. The number of anilines is 2. The van der Waals surface area contributed by atoms with E-state index in [1.54, 1.807) is 26.4 Å². The lowest BCUT2D eigenvalue weighted by Gasteiger charge is -2.35. The van der Waals surface area contributed by atoms with E-state index >= 15 is 0 Å². The van der Waals surface area contributed by atoms with Crippen molar-refractivity contribution in [3.8, 4) is 45.8 Å². The Morgan fingerprint density at radius 3 is 1.43 bits per heavy atom. The lowest BCUT2D eigenvalue weighted by molar-refractivity contribution is -0.178. The van der Waals surface area contributed by atoms with E-state index in [1.807, 2.05) is 122 Å². The Bertz CT molecular complexity index is 5030. The maximum Gasteiger partial charge on any atom is 0.534 e. The molecule has 7 heterocycles. The molecule has 690 valence electrons. The summed E-state index contributed by atoms with van der Waals surface area (Å²) in [5, 5.41) is 32.5. The van der Waals surface area contributed by atoms with Crippen LogP contribution in [0.3, 0.4) is 0 Å². The van der Waals surface area contributed by atoms with Crippen molar-refractivity contribution in [1.82, 2.24) is 50.7 Å². The van der Waals surface area contributed by atoms with Gasteiger partial charge in [0.05, 0.1) is 61.9 Å². The number of amides is 7.